The van der Waals surface area contributed by atoms with Gasteiger partial charge in [-0.3, -0.25) is 9.78 Å². The van der Waals surface area contributed by atoms with Gasteiger partial charge in [0.2, 0.25) is 0 Å². The highest BCUT2D eigenvalue weighted by Gasteiger charge is 2.25. The lowest BCUT2D eigenvalue weighted by Gasteiger charge is -2.11. The van der Waals surface area contributed by atoms with Crippen molar-refractivity contribution in [3.63, 3.8) is 0 Å². The van der Waals surface area contributed by atoms with Crippen molar-refractivity contribution in [1.82, 2.24) is 15.3 Å². The molecule has 96 valence electrons. The number of hydrogen-bond acceptors (Lipinski definition) is 5. The third-order valence-electron chi connectivity index (χ3n) is 2.89. The van der Waals surface area contributed by atoms with Gasteiger partial charge in [0.05, 0.1) is 18.4 Å². The highest BCUT2D eigenvalue weighted by Crippen LogP contribution is 2.31. The second-order valence-electron chi connectivity index (χ2n) is 4.20. The Morgan fingerprint density at radius 1 is 1.37 bits per heavy atom. The Balaban J connectivity index is 1.78. The molecule has 3 N–H and O–H groups in total. The van der Waals surface area contributed by atoms with Crippen LogP contribution in [0.15, 0.2) is 36.7 Å². The summed E-state index contributed by atoms with van der Waals surface area (Å²) in [6, 6.07) is 7.44. The maximum absolute atomic E-state index is 12.0. The molecule has 0 saturated heterocycles. The average Bonchev–Trinajstić information content (AvgIpc) is 2.82. The van der Waals surface area contributed by atoms with Gasteiger partial charge in [0.1, 0.15) is 23.9 Å². The predicted octanol–water partition coefficient (Wildman–Crippen LogP) is 0.922. The summed E-state index contributed by atoms with van der Waals surface area (Å²) in [5, 5.41) is 2.86. The number of carbonyl (C=O) groups excluding carboxylic acids is 1. The van der Waals surface area contributed by atoms with Crippen molar-refractivity contribution in [2.75, 3.05) is 12.3 Å². The third kappa shape index (κ3) is 2.20. The number of carbonyl (C=O) groups is 1. The molecule has 0 spiro atoms. The van der Waals surface area contributed by atoms with Crippen molar-refractivity contribution in [1.29, 1.82) is 0 Å². The van der Waals surface area contributed by atoms with Crippen LogP contribution < -0.4 is 15.8 Å². The number of nitrogens with two attached hydrogens (primary N) is 1. The second-order valence-corrected chi connectivity index (χ2v) is 4.20. The Bertz CT molecular complexity index is 630. The van der Waals surface area contributed by atoms with Crippen molar-refractivity contribution in [2.24, 2.45) is 0 Å². The molecule has 2 heterocycles. The van der Waals surface area contributed by atoms with Gasteiger partial charge in [-0.2, -0.15) is 0 Å². The molecule has 6 nitrogen and oxygen atoms in total. The zero-order valence-corrected chi connectivity index (χ0v) is 10.0. The predicted molar refractivity (Wildman–Crippen MR) is 68.6 cm³/mol. The van der Waals surface area contributed by atoms with Gasteiger partial charge < -0.3 is 15.8 Å². The molecule has 1 amide bonds. The summed E-state index contributed by atoms with van der Waals surface area (Å²) in [6.07, 6.45) is 2.78. The molecule has 3 rings (SSSR count). The van der Waals surface area contributed by atoms with Crippen LogP contribution in [-0.4, -0.2) is 22.5 Å². The van der Waals surface area contributed by atoms with E-state index in [-0.39, 0.29) is 23.5 Å². The van der Waals surface area contributed by atoms with Gasteiger partial charge >= 0.3 is 0 Å². The Kier molecular flexibility index (Phi) is 2.75. The number of nitrogens with one attached hydrogen (secondary N) is 1. The van der Waals surface area contributed by atoms with Crippen molar-refractivity contribution in [3.8, 4) is 5.75 Å². The Morgan fingerprint density at radius 2 is 2.21 bits per heavy atom. The molecule has 1 aromatic carbocycles. The number of benzene rings is 1. The molecule has 1 aromatic heterocycles. The Labute approximate surface area is 109 Å². The van der Waals surface area contributed by atoms with Gasteiger partial charge in [0, 0.05) is 5.56 Å². The molecule has 0 saturated carbocycles. The molecular formula is C13H12N4O2. The topological polar surface area (TPSA) is 90.1 Å². The van der Waals surface area contributed by atoms with Crippen LogP contribution in [0, 0.1) is 0 Å². The molecule has 1 aliphatic rings. The zero-order chi connectivity index (χ0) is 13.2. The first kappa shape index (κ1) is 11.5. The lowest BCUT2D eigenvalue weighted by Crippen LogP contribution is -2.30. The standard InChI is InChI=1S/C13H12N4O2/c14-12-6-15-5-9(16-12)13(18)17-10-7-19-11-4-2-1-3-8(10)11/h1-6,10H,7H2,(H2,14,16)(H,17,18). The van der Waals surface area contributed by atoms with E-state index in [0.717, 1.165) is 11.3 Å². The highest BCUT2D eigenvalue weighted by molar-refractivity contribution is 5.92. The van der Waals surface area contributed by atoms with E-state index in [2.05, 4.69) is 15.3 Å². The van der Waals surface area contributed by atoms with Gasteiger partial charge in [-0.15, -0.1) is 0 Å². The van der Waals surface area contributed by atoms with Gasteiger partial charge in [-0.1, -0.05) is 18.2 Å². The van der Waals surface area contributed by atoms with Crippen molar-refractivity contribution in [2.45, 2.75) is 6.04 Å². The van der Waals surface area contributed by atoms with Gasteiger partial charge in [0.15, 0.2) is 0 Å². The summed E-state index contributed by atoms with van der Waals surface area (Å²) in [5.41, 5.74) is 6.67. The molecule has 2 aromatic rings. The van der Waals surface area contributed by atoms with E-state index in [4.69, 9.17) is 10.5 Å². The van der Waals surface area contributed by atoms with Crippen LogP contribution in [0.1, 0.15) is 22.1 Å². The number of aromatic nitrogens is 2. The van der Waals surface area contributed by atoms with Crippen LogP contribution in [0.3, 0.4) is 0 Å². The van der Waals surface area contributed by atoms with Crippen molar-refractivity contribution < 1.29 is 9.53 Å². The fraction of sp³-hybridized carbons (Fsp3) is 0.154. The van der Waals surface area contributed by atoms with Gasteiger partial charge in [0.25, 0.3) is 5.91 Å². The summed E-state index contributed by atoms with van der Waals surface area (Å²) in [5.74, 6) is 0.701. The summed E-state index contributed by atoms with van der Waals surface area (Å²) in [4.78, 5) is 19.8. The SMILES string of the molecule is Nc1cncc(C(=O)NC2COc3ccccc32)n1. The quantitative estimate of drug-likeness (QED) is 0.834. The number of rotatable bonds is 2. The molecule has 1 atom stereocenters. The van der Waals surface area contributed by atoms with E-state index in [1.54, 1.807) is 0 Å². The smallest absolute Gasteiger partial charge is 0.272 e. The lowest BCUT2D eigenvalue weighted by atomic mass is 10.1. The minimum absolute atomic E-state index is 0.174. The number of amides is 1. The van der Waals surface area contributed by atoms with Gasteiger partial charge in [-0.25, -0.2) is 4.98 Å². The van der Waals surface area contributed by atoms with E-state index in [1.165, 1.54) is 12.4 Å². The molecule has 0 fully saturated rings. The van der Waals surface area contributed by atoms with E-state index >= 15 is 0 Å². The Hall–Kier alpha value is -2.63. The zero-order valence-electron chi connectivity index (χ0n) is 10.0. The first-order valence-electron chi connectivity index (χ1n) is 5.84. The normalized spacial score (nSPS) is 16.5. The molecule has 19 heavy (non-hydrogen) atoms. The van der Waals surface area contributed by atoms with Crippen molar-refractivity contribution in [3.05, 3.63) is 47.9 Å². The van der Waals surface area contributed by atoms with E-state index < -0.39 is 0 Å². The number of fused-ring (bicyclic) bond motifs is 1. The van der Waals surface area contributed by atoms with Crippen LogP contribution in [-0.2, 0) is 0 Å². The van der Waals surface area contributed by atoms with E-state index in [9.17, 15) is 4.79 Å². The average molecular weight is 256 g/mol. The fourth-order valence-corrected chi connectivity index (χ4v) is 2.00. The molecule has 1 aliphatic heterocycles. The second kappa shape index (κ2) is 4.56. The van der Waals surface area contributed by atoms with Crippen molar-refractivity contribution >= 4 is 11.7 Å². The first-order valence-corrected chi connectivity index (χ1v) is 5.84. The number of hydrogen-bond donors (Lipinski definition) is 2. The fourth-order valence-electron chi connectivity index (χ4n) is 2.00. The minimum atomic E-state index is -0.315. The highest BCUT2D eigenvalue weighted by atomic mass is 16.5. The van der Waals surface area contributed by atoms with Crippen LogP contribution in [0.25, 0.3) is 0 Å². The lowest BCUT2D eigenvalue weighted by molar-refractivity contribution is 0.0925. The molecule has 1 unspecified atom stereocenters. The van der Waals surface area contributed by atoms with Crippen LogP contribution >= 0.6 is 0 Å². The van der Waals surface area contributed by atoms with Crippen LogP contribution in [0.2, 0.25) is 0 Å². The summed E-state index contributed by atoms with van der Waals surface area (Å²) in [6.45, 7) is 0.417. The summed E-state index contributed by atoms with van der Waals surface area (Å²) in [7, 11) is 0. The van der Waals surface area contributed by atoms with E-state index in [0.29, 0.717) is 6.61 Å². The molecule has 0 radical (unpaired) electrons. The number of nitrogens with zero attached hydrogens (tertiary/aromatic N) is 2. The first-order chi connectivity index (χ1) is 9.24. The number of nitrogen functional groups attached to an aromatic ring is 1. The van der Waals surface area contributed by atoms with E-state index in [1.807, 2.05) is 24.3 Å². The number of para-hydroxylation sites is 1. The number of anilines is 1. The van der Waals surface area contributed by atoms with Crippen LogP contribution in [0.5, 0.6) is 5.75 Å². The molecule has 6 heteroatoms. The maximum atomic E-state index is 12.0. The minimum Gasteiger partial charge on any atom is -0.491 e. The summed E-state index contributed by atoms with van der Waals surface area (Å²) >= 11 is 0. The number of ether oxygens (including phenoxy) is 1. The molecule has 0 aliphatic carbocycles. The molecular weight excluding hydrogens is 244 g/mol. The van der Waals surface area contributed by atoms with Crippen LogP contribution in [0.4, 0.5) is 5.82 Å². The largest absolute Gasteiger partial charge is 0.491 e. The Morgan fingerprint density at radius 3 is 3.05 bits per heavy atom. The maximum Gasteiger partial charge on any atom is 0.272 e. The molecule has 0 bridgehead atoms. The summed E-state index contributed by atoms with van der Waals surface area (Å²) < 4.78 is 5.50. The monoisotopic (exact) mass is 256 g/mol. The van der Waals surface area contributed by atoms with Gasteiger partial charge in [-0.05, 0) is 6.07 Å². The third-order valence-corrected chi connectivity index (χ3v) is 2.89.